The third-order valence-electron chi connectivity index (χ3n) is 5.59. The molecule has 1 fully saturated rings. The van der Waals surface area contributed by atoms with Gasteiger partial charge in [-0.05, 0) is 56.8 Å². The summed E-state index contributed by atoms with van der Waals surface area (Å²) in [6.45, 7) is 9.43. The Morgan fingerprint density at radius 1 is 1.20 bits per heavy atom. The molecule has 0 saturated carbocycles. The van der Waals surface area contributed by atoms with Crippen LogP contribution in [-0.2, 0) is 6.42 Å². The lowest BCUT2D eigenvalue weighted by atomic mass is 10.1. The van der Waals surface area contributed by atoms with E-state index in [0.717, 1.165) is 55.2 Å². The van der Waals surface area contributed by atoms with Crippen LogP contribution in [0.1, 0.15) is 62.8 Å². The molecule has 6 nitrogen and oxygen atoms in total. The largest absolute Gasteiger partial charge is 0.355 e. The standard InChI is InChI=1S/C24H34N6/c1-4-6-12-26-22-9-7-13-30(17-22)23-15-20(8-5-2)27-24(29-23)28-21-11-10-18(3)19(14-21)16-25/h10-11,14-15,22,26H,4-9,12-13,17H2,1-3H3,(H,27,28,29)/t22-/m1/s1. The van der Waals surface area contributed by atoms with Gasteiger partial charge in [0.2, 0.25) is 5.95 Å². The first-order valence-corrected chi connectivity index (χ1v) is 11.3. The highest BCUT2D eigenvalue weighted by molar-refractivity contribution is 5.59. The fraction of sp³-hybridized carbons (Fsp3) is 0.542. The fourth-order valence-corrected chi connectivity index (χ4v) is 3.87. The van der Waals surface area contributed by atoms with Gasteiger partial charge in [0.25, 0.3) is 0 Å². The first kappa shape index (κ1) is 22.0. The first-order chi connectivity index (χ1) is 14.6. The minimum atomic E-state index is 0.515. The number of aromatic nitrogens is 2. The molecule has 1 aromatic carbocycles. The minimum Gasteiger partial charge on any atom is -0.355 e. The maximum atomic E-state index is 9.32. The summed E-state index contributed by atoms with van der Waals surface area (Å²) in [6, 6.07) is 10.7. The Balaban J connectivity index is 1.79. The number of rotatable bonds is 9. The smallest absolute Gasteiger partial charge is 0.229 e. The van der Waals surface area contributed by atoms with Gasteiger partial charge in [-0.25, -0.2) is 4.98 Å². The molecule has 0 spiro atoms. The zero-order valence-electron chi connectivity index (χ0n) is 18.5. The van der Waals surface area contributed by atoms with Crippen molar-refractivity contribution >= 4 is 17.5 Å². The highest BCUT2D eigenvalue weighted by Crippen LogP contribution is 2.23. The van der Waals surface area contributed by atoms with Gasteiger partial charge in [0.05, 0.1) is 11.6 Å². The van der Waals surface area contributed by atoms with Crippen molar-refractivity contribution in [1.29, 1.82) is 5.26 Å². The number of unbranched alkanes of at least 4 members (excludes halogenated alkanes) is 1. The molecular formula is C24H34N6. The SMILES string of the molecule is CCCCN[C@@H]1CCCN(c2cc(CCC)nc(Nc3ccc(C)c(C#N)c3)n2)C1. The molecule has 1 aliphatic heterocycles. The van der Waals surface area contributed by atoms with Crippen LogP contribution in [0.3, 0.4) is 0 Å². The predicted molar refractivity (Wildman–Crippen MR) is 123 cm³/mol. The highest BCUT2D eigenvalue weighted by Gasteiger charge is 2.21. The molecule has 2 N–H and O–H groups in total. The number of anilines is 3. The topological polar surface area (TPSA) is 76.9 Å². The Kier molecular flexibility index (Phi) is 8.04. The van der Waals surface area contributed by atoms with E-state index in [1.807, 2.05) is 25.1 Å². The Morgan fingerprint density at radius 2 is 2.07 bits per heavy atom. The monoisotopic (exact) mass is 406 g/mol. The van der Waals surface area contributed by atoms with Crippen molar-refractivity contribution in [3.63, 3.8) is 0 Å². The lowest BCUT2D eigenvalue weighted by molar-refractivity contribution is 0.418. The molecule has 0 unspecified atom stereocenters. The number of hydrogen-bond acceptors (Lipinski definition) is 6. The van der Waals surface area contributed by atoms with Gasteiger partial charge in [-0.2, -0.15) is 10.2 Å². The van der Waals surface area contributed by atoms with E-state index in [-0.39, 0.29) is 0 Å². The number of nitrogens with zero attached hydrogens (tertiary/aromatic N) is 4. The maximum Gasteiger partial charge on any atom is 0.229 e. The summed E-state index contributed by atoms with van der Waals surface area (Å²) in [4.78, 5) is 11.9. The number of aryl methyl sites for hydroxylation is 2. The number of benzene rings is 1. The van der Waals surface area contributed by atoms with Gasteiger partial charge < -0.3 is 15.5 Å². The van der Waals surface area contributed by atoms with Crippen LogP contribution >= 0.6 is 0 Å². The van der Waals surface area contributed by atoms with Crippen molar-refractivity contribution in [2.45, 2.75) is 65.3 Å². The summed E-state index contributed by atoms with van der Waals surface area (Å²) < 4.78 is 0. The minimum absolute atomic E-state index is 0.515. The molecule has 0 bridgehead atoms. The molecule has 30 heavy (non-hydrogen) atoms. The van der Waals surface area contributed by atoms with Crippen LogP contribution in [0.15, 0.2) is 24.3 Å². The predicted octanol–water partition coefficient (Wildman–Crippen LogP) is 4.71. The van der Waals surface area contributed by atoms with Crippen molar-refractivity contribution < 1.29 is 0 Å². The lowest BCUT2D eigenvalue weighted by Gasteiger charge is -2.34. The van der Waals surface area contributed by atoms with E-state index in [2.05, 4.69) is 41.5 Å². The average Bonchev–Trinajstić information content (AvgIpc) is 2.75. The fourth-order valence-electron chi connectivity index (χ4n) is 3.87. The molecule has 0 radical (unpaired) electrons. The second kappa shape index (κ2) is 10.9. The zero-order valence-corrected chi connectivity index (χ0v) is 18.5. The van der Waals surface area contributed by atoms with Crippen molar-refractivity contribution in [1.82, 2.24) is 15.3 Å². The van der Waals surface area contributed by atoms with Crippen LogP contribution in [0.2, 0.25) is 0 Å². The third kappa shape index (κ3) is 5.93. The van der Waals surface area contributed by atoms with Crippen molar-refractivity contribution in [2.24, 2.45) is 0 Å². The molecule has 1 aromatic heterocycles. The van der Waals surface area contributed by atoms with Crippen LogP contribution in [0.4, 0.5) is 17.5 Å². The second-order valence-electron chi connectivity index (χ2n) is 8.15. The van der Waals surface area contributed by atoms with Crippen LogP contribution < -0.4 is 15.5 Å². The summed E-state index contributed by atoms with van der Waals surface area (Å²) >= 11 is 0. The molecule has 1 saturated heterocycles. The van der Waals surface area contributed by atoms with Gasteiger partial charge in [0, 0.05) is 36.6 Å². The first-order valence-electron chi connectivity index (χ1n) is 11.3. The summed E-state index contributed by atoms with van der Waals surface area (Å²) in [7, 11) is 0. The van der Waals surface area contributed by atoms with E-state index in [1.165, 1.54) is 25.7 Å². The molecule has 0 amide bonds. The van der Waals surface area contributed by atoms with Crippen LogP contribution in [0.5, 0.6) is 0 Å². The molecule has 1 aliphatic rings. The number of nitrogens with one attached hydrogen (secondary N) is 2. The van der Waals surface area contributed by atoms with E-state index < -0.39 is 0 Å². The van der Waals surface area contributed by atoms with E-state index in [4.69, 9.17) is 9.97 Å². The summed E-state index contributed by atoms with van der Waals surface area (Å²) in [5.41, 5.74) is 3.54. The Hall–Kier alpha value is -2.65. The summed E-state index contributed by atoms with van der Waals surface area (Å²) in [6.07, 6.45) is 6.80. The zero-order chi connectivity index (χ0) is 21.3. The van der Waals surface area contributed by atoms with Crippen LogP contribution in [0, 0.1) is 18.3 Å². The molecule has 1 atom stereocenters. The van der Waals surface area contributed by atoms with Gasteiger partial charge in [-0.1, -0.05) is 32.8 Å². The van der Waals surface area contributed by atoms with E-state index in [0.29, 0.717) is 17.6 Å². The number of nitriles is 1. The Labute approximate surface area is 180 Å². The van der Waals surface area contributed by atoms with E-state index in [1.54, 1.807) is 0 Å². The molecule has 2 aromatic rings. The van der Waals surface area contributed by atoms with Crippen molar-refractivity contribution in [3.8, 4) is 6.07 Å². The molecule has 6 heteroatoms. The highest BCUT2D eigenvalue weighted by atomic mass is 15.2. The quantitative estimate of drug-likeness (QED) is 0.587. The molecule has 0 aliphatic carbocycles. The van der Waals surface area contributed by atoms with Gasteiger partial charge in [-0.15, -0.1) is 0 Å². The van der Waals surface area contributed by atoms with Crippen molar-refractivity contribution in [2.75, 3.05) is 29.9 Å². The van der Waals surface area contributed by atoms with Crippen LogP contribution in [0.25, 0.3) is 0 Å². The van der Waals surface area contributed by atoms with Gasteiger partial charge >= 0.3 is 0 Å². The molecular weight excluding hydrogens is 372 g/mol. The molecule has 160 valence electrons. The van der Waals surface area contributed by atoms with Gasteiger partial charge in [0.1, 0.15) is 5.82 Å². The van der Waals surface area contributed by atoms with Gasteiger partial charge in [0.15, 0.2) is 0 Å². The summed E-state index contributed by atoms with van der Waals surface area (Å²) in [5.74, 6) is 1.59. The summed E-state index contributed by atoms with van der Waals surface area (Å²) in [5, 5.41) is 16.3. The Morgan fingerprint density at radius 3 is 2.83 bits per heavy atom. The third-order valence-corrected chi connectivity index (χ3v) is 5.59. The van der Waals surface area contributed by atoms with Crippen LogP contribution in [-0.4, -0.2) is 35.6 Å². The normalized spacial score (nSPS) is 16.3. The van der Waals surface area contributed by atoms with Gasteiger partial charge in [-0.3, -0.25) is 0 Å². The van der Waals surface area contributed by atoms with E-state index in [9.17, 15) is 5.26 Å². The second-order valence-corrected chi connectivity index (χ2v) is 8.15. The van der Waals surface area contributed by atoms with Crippen molar-refractivity contribution in [3.05, 3.63) is 41.1 Å². The van der Waals surface area contributed by atoms with E-state index >= 15 is 0 Å². The molecule has 3 rings (SSSR count). The Bertz CT molecular complexity index is 872. The average molecular weight is 407 g/mol. The number of piperidine rings is 1. The molecule has 2 heterocycles. The number of hydrogen-bond donors (Lipinski definition) is 2. The lowest BCUT2D eigenvalue weighted by Crippen LogP contribution is -2.46. The maximum absolute atomic E-state index is 9.32.